The monoisotopic (exact) mass is 406 g/mol. The first-order valence-corrected chi connectivity index (χ1v) is 9.29. The molecule has 1 aromatic heterocycles. The normalized spacial score (nSPS) is 26.5. The predicted molar refractivity (Wildman–Crippen MR) is 103 cm³/mol. The molecule has 0 bridgehead atoms. The molecule has 1 spiro atoms. The number of amides is 2. The van der Waals surface area contributed by atoms with Crippen molar-refractivity contribution in [3.8, 4) is 0 Å². The lowest BCUT2D eigenvalue weighted by molar-refractivity contribution is -0.138. The van der Waals surface area contributed by atoms with E-state index in [0.29, 0.717) is 11.7 Å². The van der Waals surface area contributed by atoms with Crippen LogP contribution < -0.4 is 10.6 Å². The quantitative estimate of drug-likeness (QED) is 0.807. The number of nitrogens with zero attached hydrogens (tertiary/aromatic N) is 2. The lowest BCUT2D eigenvalue weighted by Crippen LogP contribution is -2.45. The fraction of sp³-hybridized carbons (Fsp3) is 0.688. The lowest BCUT2D eigenvalue weighted by atomic mass is 9.91. The van der Waals surface area contributed by atoms with Crippen LogP contribution in [0.5, 0.6) is 0 Å². The smallest absolute Gasteiger partial charge is 0.248 e. The topological polar surface area (TPSA) is 74.3 Å². The van der Waals surface area contributed by atoms with E-state index in [9.17, 15) is 9.59 Å². The highest BCUT2D eigenvalue weighted by molar-refractivity contribution is 7.13. The van der Waals surface area contributed by atoms with Crippen LogP contribution in [0.15, 0.2) is 11.6 Å². The van der Waals surface area contributed by atoms with Crippen molar-refractivity contribution in [3.63, 3.8) is 0 Å². The molecule has 0 radical (unpaired) electrons. The highest BCUT2D eigenvalue weighted by Crippen LogP contribution is 2.59. The first kappa shape index (κ1) is 20.4. The number of aromatic nitrogens is 1. The number of hydrogen-bond acceptors (Lipinski definition) is 5. The summed E-state index contributed by atoms with van der Waals surface area (Å²) in [4.78, 5) is 31.3. The van der Waals surface area contributed by atoms with E-state index >= 15 is 0 Å². The zero-order valence-corrected chi connectivity index (χ0v) is 16.4. The summed E-state index contributed by atoms with van der Waals surface area (Å²) in [6.07, 6.45) is 6.52. The van der Waals surface area contributed by atoms with Crippen molar-refractivity contribution in [2.45, 2.75) is 38.1 Å². The third-order valence-corrected chi connectivity index (χ3v) is 6.28. The summed E-state index contributed by atoms with van der Waals surface area (Å²) < 4.78 is 0. The molecule has 1 aromatic rings. The Hall–Kier alpha value is -0.890. The average molecular weight is 407 g/mol. The molecule has 2 saturated heterocycles. The molecule has 2 aliphatic heterocycles. The molecule has 1 aliphatic carbocycles. The minimum absolute atomic E-state index is 0. The molecule has 3 aliphatic rings. The van der Waals surface area contributed by atoms with Gasteiger partial charge in [0.25, 0.3) is 0 Å². The van der Waals surface area contributed by atoms with Crippen LogP contribution in [-0.2, 0) is 9.59 Å². The fourth-order valence-corrected chi connectivity index (χ4v) is 4.68. The van der Waals surface area contributed by atoms with Gasteiger partial charge in [0.05, 0.1) is 0 Å². The van der Waals surface area contributed by atoms with Crippen molar-refractivity contribution >= 4 is 53.1 Å². The summed E-state index contributed by atoms with van der Waals surface area (Å²) in [5.74, 6) is 0.243. The van der Waals surface area contributed by atoms with Gasteiger partial charge >= 0.3 is 0 Å². The summed E-state index contributed by atoms with van der Waals surface area (Å²) in [6.45, 7) is 2.73. The van der Waals surface area contributed by atoms with Gasteiger partial charge in [0.1, 0.15) is 6.04 Å². The van der Waals surface area contributed by atoms with Gasteiger partial charge in [-0.25, -0.2) is 4.98 Å². The average Bonchev–Trinajstić information content (AvgIpc) is 2.99. The predicted octanol–water partition coefficient (Wildman–Crippen LogP) is 2.31. The number of anilines is 1. The molecule has 25 heavy (non-hydrogen) atoms. The zero-order valence-electron chi connectivity index (χ0n) is 13.9. The van der Waals surface area contributed by atoms with Gasteiger partial charge in [0.15, 0.2) is 5.13 Å². The van der Waals surface area contributed by atoms with Crippen LogP contribution >= 0.6 is 36.2 Å². The van der Waals surface area contributed by atoms with E-state index in [1.165, 1.54) is 11.3 Å². The maximum absolute atomic E-state index is 12.9. The number of nitrogens with one attached hydrogen (secondary N) is 2. The molecule has 140 valence electrons. The molecule has 0 aromatic carbocycles. The van der Waals surface area contributed by atoms with Crippen LogP contribution in [0.25, 0.3) is 0 Å². The number of likely N-dealkylation sites (tertiary alicyclic amines) is 1. The Morgan fingerprint density at radius 2 is 2.08 bits per heavy atom. The molecule has 2 atom stereocenters. The summed E-state index contributed by atoms with van der Waals surface area (Å²) in [5.41, 5.74) is 0.223. The number of halogens is 2. The van der Waals surface area contributed by atoms with E-state index < -0.39 is 0 Å². The molecular weight excluding hydrogens is 383 g/mol. The molecule has 2 unspecified atom stereocenters. The van der Waals surface area contributed by atoms with Crippen molar-refractivity contribution < 1.29 is 9.59 Å². The molecule has 4 rings (SSSR count). The minimum Gasteiger partial charge on any atom is -0.330 e. The van der Waals surface area contributed by atoms with Gasteiger partial charge in [-0.2, -0.15) is 0 Å². The molecule has 6 nitrogen and oxygen atoms in total. The van der Waals surface area contributed by atoms with Crippen molar-refractivity contribution in [2.24, 2.45) is 11.3 Å². The van der Waals surface area contributed by atoms with Crippen LogP contribution in [0.1, 0.15) is 32.1 Å². The van der Waals surface area contributed by atoms with Gasteiger partial charge in [-0.1, -0.05) is 0 Å². The van der Waals surface area contributed by atoms with Crippen LogP contribution in [0.4, 0.5) is 5.13 Å². The number of rotatable bonds is 3. The molecule has 2 N–H and O–H groups in total. The zero-order chi connectivity index (χ0) is 15.9. The highest BCUT2D eigenvalue weighted by Gasteiger charge is 2.59. The number of carbonyl (C=O) groups is 2. The van der Waals surface area contributed by atoms with E-state index in [4.69, 9.17) is 0 Å². The van der Waals surface area contributed by atoms with Crippen molar-refractivity contribution in [1.29, 1.82) is 0 Å². The lowest BCUT2D eigenvalue weighted by Gasteiger charge is -2.27. The maximum atomic E-state index is 12.9. The molecule has 3 heterocycles. The SMILES string of the molecule is Cl.Cl.O=C(Nc1nccs1)C1CCCN1C(=O)C1CC12CCNCC2. The van der Waals surface area contributed by atoms with Gasteiger partial charge in [0.2, 0.25) is 11.8 Å². The second-order valence-corrected chi connectivity index (χ2v) is 7.78. The second kappa shape index (κ2) is 8.20. The summed E-state index contributed by atoms with van der Waals surface area (Å²) in [6, 6.07) is -0.328. The minimum atomic E-state index is -0.328. The number of hydrogen-bond donors (Lipinski definition) is 2. The fourth-order valence-electron chi connectivity index (χ4n) is 4.15. The number of carbonyl (C=O) groups excluding carboxylic acids is 2. The molecular formula is C16H24Cl2N4O2S. The summed E-state index contributed by atoms with van der Waals surface area (Å²) >= 11 is 1.40. The third kappa shape index (κ3) is 3.94. The Morgan fingerprint density at radius 1 is 1.32 bits per heavy atom. The standard InChI is InChI=1S/C16H22N4O2S.2ClH/c21-13(19-15-18-7-9-23-15)12-2-1-8-20(12)14(22)11-10-16(11)3-5-17-6-4-16;;/h7,9,11-12,17H,1-6,8,10H2,(H,18,19,21);2*1H. The van der Waals surface area contributed by atoms with Gasteiger partial charge in [-0.15, -0.1) is 36.2 Å². The van der Waals surface area contributed by atoms with Crippen LogP contribution in [-0.4, -0.2) is 47.4 Å². The Bertz CT molecular complexity index is 607. The largest absolute Gasteiger partial charge is 0.330 e. The van der Waals surface area contributed by atoms with E-state index in [-0.39, 0.29) is 54.0 Å². The van der Waals surface area contributed by atoms with Crippen molar-refractivity contribution in [1.82, 2.24) is 15.2 Å². The van der Waals surface area contributed by atoms with Crippen LogP contribution in [0.2, 0.25) is 0 Å². The first-order valence-electron chi connectivity index (χ1n) is 8.41. The van der Waals surface area contributed by atoms with Crippen molar-refractivity contribution in [3.05, 3.63) is 11.6 Å². The Balaban J connectivity index is 0.00000113. The maximum Gasteiger partial charge on any atom is 0.248 e. The first-order chi connectivity index (χ1) is 11.2. The number of thiazole rings is 1. The van der Waals surface area contributed by atoms with Crippen LogP contribution in [0.3, 0.4) is 0 Å². The summed E-state index contributed by atoms with van der Waals surface area (Å²) in [5, 5.41) is 8.65. The molecule has 2 amide bonds. The molecule has 1 saturated carbocycles. The van der Waals surface area contributed by atoms with Gasteiger partial charge in [-0.3, -0.25) is 9.59 Å². The Kier molecular flexibility index (Phi) is 6.70. The highest BCUT2D eigenvalue weighted by atomic mass is 35.5. The number of piperidine rings is 1. The summed E-state index contributed by atoms with van der Waals surface area (Å²) in [7, 11) is 0. The van der Waals surface area contributed by atoms with Gasteiger partial charge in [0, 0.05) is 24.0 Å². The van der Waals surface area contributed by atoms with Gasteiger partial charge in [-0.05, 0) is 50.6 Å². The Morgan fingerprint density at radius 3 is 2.76 bits per heavy atom. The van der Waals surface area contributed by atoms with E-state index in [1.807, 2.05) is 10.3 Å². The van der Waals surface area contributed by atoms with Crippen LogP contribution in [0, 0.1) is 11.3 Å². The van der Waals surface area contributed by atoms with E-state index in [1.54, 1.807) is 6.20 Å². The molecule has 9 heteroatoms. The molecule has 3 fully saturated rings. The van der Waals surface area contributed by atoms with E-state index in [0.717, 1.165) is 45.2 Å². The third-order valence-electron chi connectivity index (χ3n) is 5.59. The van der Waals surface area contributed by atoms with Gasteiger partial charge < -0.3 is 15.5 Å². The van der Waals surface area contributed by atoms with E-state index in [2.05, 4.69) is 15.6 Å². The Labute approximate surface area is 164 Å². The van der Waals surface area contributed by atoms with Crippen molar-refractivity contribution in [2.75, 3.05) is 25.0 Å². The second-order valence-electron chi connectivity index (χ2n) is 6.89.